The average Bonchev–Trinajstić information content (AvgIpc) is 2.55. The van der Waals surface area contributed by atoms with Crippen molar-refractivity contribution < 1.29 is 18.0 Å². The van der Waals surface area contributed by atoms with Crippen molar-refractivity contribution in [2.45, 2.75) is 4.90 Å². The van der Waals surface area contributed by atoms with E-state index < -0.39 is 10.0 Å². The van der Waals surface area contributed by atoms with Gasteiger partial charge in [-0.2, -0.15) is 0 Å². The maximum Gasteiger partial charge on any atom is 0.264 e. The minimum absolute atomic E-state index is 0.0161. The summed E-state index contributed by atoms with van der Waals surface area (Å²) in [6.45, 7) is 0. The Kier molecular flexibility index (Phi) is 4.92. The number of benzene rings is 2. The lowest BCUT2D eigenvalue weighted by Crippen LogP contribution is -2.26. The molecule has 0 unspecified atom stereocenters. The van der Waals surface area contributed by atoms with E-state index >= 15 is 0 Å². The number of hydrogen-bond donors (Lipinski definition) is 1. The van der Waals surface area contributed by atoms with Crippen LogP contribution in [0, 0.1) is 0 Å². The van der Waals surface area contributed by atoms with E-state index in [1.54, 1.807) is 30.3 Å². The maximum absolute atomic E-state index is 12.2. The number of hydrogen-bond acceptors (Lipinski definition) is 4. The third-order valence-corrected chi connectivity index (χ3v) is 4.70. The summed E-state index contributed by atoms with van der Waals surface area (Å²) >= 11 is 0. The Balaban J connectivity index is 2.27. The van der Waals surface area contributed by atoms with Gasteiger partial charge in [-0.25, -0.2) is 8.42 Å². The molecule has 22 heavy (non-hydrogen) atoms. The molecule has 0 aliphatic rings. The lowest BCUT2D eigenvalue weighted by Gasteiger charge is -2.14. The number of sulfonamides is 1. The number of hydroxylamine groups is 1. The van der Waals surface area contributed by atoms with E-state index in [0.717, 1.165) is 4.47 Å². The third kappa shape index (κ3) is 3.51. The summed E-state index contributed by atoms with van der Waals surface area (Å²) in [6, 6.07) is 14.7. The first-order valence-corrected chi connectivity index (χ1v) is 7.88. The summed E-state index contributed by atoms with van der Waals surface area (Å²) in [4.78, 5) is 16.9. The van der Waals surface area contributed by atoms with E-state index in [1.807, 2.05) is 6.07 Å². The SMILES string of the molecule is CON(C)S(=O)(=O)c1cccc(C(=O)Nc2ccccc2)c1. The predicted molar refractivity (Wildman–Crippen MR) is 82.8 cm³/mol. The second-order valence-corrected chi connectivity index (χ2v) is 6.38. The van der Waals surface area contributed by atoms with E-state index in [9.17, 15) is 13.2 Å². The fourth-order valence-corrected chi connectivity index (χ4v) is 2.79. The summed E-state index contributed by atoms with van der Waals surface area (Å²) in [6.07, 6.45) is 0. The number of nitrogens with zero attached hydrogens (tertiary/aromatic N) is 1. The smallest absolute Gasteiger partial charge is 0.264 e. The molecular weight excluding hydrogens is 304 g/mol. The van der Waals surface area contributed by atoms with Crippen LogP contribution in [0.25, 0.3) is 0 Å². The van der Waals surface area contributed by atoms with E-state index in [1.165, 1.54) is 32.4 Å². The molecule has 0 aliphatic carbocycles. The van der Waals surface area contributed by atoms with Gasteiger partial charge in [-0.15, -0.1) is 0 Å². The Morgan fingerprint density at radius 2 is 1.77 bits per heavy atom. The van der Waals surface area contributed by atoms with Crippen LogP contribution in [0.4, 0.5) is 5.69 Å². The second kappa shape index (κ2) is 6.69. The van der Waals surface area contributed by atoms with Gasteiger partial charge in [-0.3, -0.25) is 9.63 Å². The molecule has 1 amide bonds. The average molecular weight is 320 g/mol. The van der Waals surface area contributed by atoms with Crippen molar-refractivity contribution in [1.82, 2.24) is 4.47 Å². The van der Waals surface area contributed by atoms with Crippen molar-refractivity contribution in [3.05, 3.63) is 60.2 Å². The maximum atomic E-state index is 12.2. The number of anilines is 1. The fourth-order valence-electron chi connectivity index (χ4n) is 1.77. The molecular formula is C15H16N2O4S. The Morgan fingerprint density at radius 1 is 1.09 bits per heavy atom. The molecule has 0 heterocycles. The summed E-state index contributed by atoms with van der Waals surface area (Å²) in [7, 11) is -1.25. The van der Waals surface area contributed by atoms with Crippen LogP contribution in [0.2, 0.25) is 0 Å². The van der Waals surface area contributed by atoms with Gasteiger partial charge in [0.25, 0.3) is 15.9 Å². The van der Waals surface area contributed by atoms with Gasteiger partial charge in [-0.1, -0.05) is 28.7 Å². The Morgan fingerprint density at radius 3 is 2.41 bits per heavy atom. The molecule has 6 nitrogen and oxygen atoms in total. The van der Waals surface area contributed by atoms with Crippen molar-refractivity contribution in [3.8, 4) is 0 Å². The molecule has 0 saturated carbocycles. The normalized spacial score (nSPS) is 11.4. The number of carbonyl (C=O) groups is 1. The fraction of sp³-hybridized carbons (Fsp3) is 0.133. The summed E-state index contributed by atoms with van der Waals surface area (Å²) < 4.78 is 25.1. The van der Waals surface area contributed by atoms with E-state index in [4.69, 9.17) is 4.84 Å². The molecule has 0 saturated heterocycles. The first-order chi connectivity index (χ1) is 10.4. The molecule has 0 radical (unpaired) electrons. The molecule has 116 valence electrons. The minimum Gasteiger partial charge on any atom is -0.322 e. The summed E-state index contributed by atoms with van der Waals surface area (Å²) in [5, 5.41) is 2.70. The van der Waals surface area contributed by atoms with Crippen molar-refractivity contribution in [3.63, 3.8) is 0 Å². The zero-order chi connectivity index (χ0) is 16.2. The molecule has 0 spiro atoms. The van der Waals surface area contributed by atoms with E-state index in [-0.39, 0.29) is 16.4 Å². The van der Waals surface area contributed by atoms with Crippen molar-refractivity contribution in [1.29, 1.82) is 0 Å². The van der Waals surface area contributed by atoms with Crippen LogP contribution < -0.4 is 5.32 Å². The van der Waals surface area contributed by atoms with Crippen LogP contribution in [-0.2, 0) is 14.9 Å². The Bertz CT molecular complexity index is 760. The van der Waals surface area contributed by atoms with Crippen LogP contribution in [0.5, 0.6) is 0 Å². The molecule has 0 fully saturated rings. The number of para-hydroxylation sites is 1. The van der Waals surface area contributed by atoms with Gasteiger partial charge >= 0.3 is 0 Å². The predicted octanol–water partition coefficient (Wildman–Crippen LogP) is 2.12. The second-order valence-electron chi connectivity index (χ2n) is 4.45. The molecule has 0 bridgehead atoms. The zero-order valence-electron chi connectivity index (χ0n) is 12.2. The molecule has 0 aromatic heterocycles. The molecule has 2 rings (SSSR count). The highest BCUT2D eigenvalue weighted by Gasteiger charge is 2.21. The molecule has 1 N–H and O–H groups in total. The van der Waals surface area contributed by atoms with Gasteiger partial charge < -0.3 is 5.32 Å². The van der Waals surface area contributed by atoms with Crippen LogP contribution in [-0.4, -0.2) is 33.0 Å². The van der Waals surface area contributed by atoms with E-state index in [0.29, 0.717) is 5.69 Å². The number of amides is 1. The van der Waals surface area contributed by atoms with Gasteiger partial charge in [-0.05, 0) is 30.3 Å². The topological polar surface area (TPSA) is 75.7 Å². The summed E-state index contributed by atoms with van der Waals surface area (Å²) in [5.41, 5.74) is 0.879. The minimum atomic E-state index is -3.79. The van der Waals surface area contributed by atoms with Crippen LogP contribution in [0.15, 0.2) is 59.5 Å². The highest BCUT2D eigenvalue weighted by atomic mass is 32.2. The molecule has 0 atom stereocenters. The van der Waals surface area contributed by atoms with Crippen LogP contribution >= 0.6 is 0 Å². The molecule has 2 aromatic carbocycles. The van der Waals surface area contributed by atoms with Gasteiger partial charge in [0, 0.05) is 18.3 Å². The Labute approximate surface area is 129 Å². The third-order valence-electron chi connectivity index (χ3n) is 3.02. The van der Waals surface area contributed by atoms with Gasteiger partial charge in [0.15, 0.2) is 0 Å². The highest BCUT2D eigenvalue weighted by molar-refractivity contribution is 7.89. The van der Waals surface area contributed by atoms with Crippen LogP contribution in [0.3, 0.4) is 0 Å². The molecule has 7 heteroatoms. The van der Waals surface area contributed by atoms with Crippen LogP contribution in [0.1, 0.15) is 10.4 Å². The summed E-state index contributed by atoms with van der Waals surface area (Å²) in [5.74, 6) is -0.386. The van der Waals surface area contributed by atoms with Crippen molar-refractivity contribution >= 4 is 21.6 Å². The zero-order valence-corrected chi connectivity index (χ0v) is 13.0. The highest BCUT2D eigenvalue weighted by Crippen LogP contribution is 2.17. The largest absolute Gasteiger partial charge is 0.322 e. The van der Waals surface area contributed by atoms with E-state index in [2.05, 4.69) is 5.32 Å². The monoisotopic (exact) mass is 320 g/mol. The van der Waals surface area contributed by atoms with Gasteiger partial charge in [0.1, 0.15) is 0 Å². The van der Waals surface area contributed by atoms with Gasteiger partial charge in [0.05, 0.1) is 12.0 Å². The Hall–Kier alpha value is -2.22. The van der Waals surface area contributed by atoms with Crippen molar-refractivity contribution in [2.75, 3.05) is 19.5 Å². The number of rotatable bonds is 5. The number of nitrogens with one attached hydrogen (secondary N) is 1. The van der Waals surface area contributed by atoms with Crippen molar-refractivity contribution in [2.24, 2.45) is 0 Å². The molecule has 0 aliphatic heterocycles. The quantitative estimate of drug-likeness (QED) is 0.856. The number of carbonyl (C=O) groups excluding carboxylic acids is 1. The lowest BCUT2D eigenvalue weighted by atomic mass is 10.2. The standard InChI is InChI=1S/C15H16N2O4S/c1-17(21-2)22(19,20)14-10-6-7-12(11-14)15(18)16-13-8-4-3-5-9-13/h3-11H,1-2H3,(H,16,18). The van der Waals surface area contributed by atoms with Gasteiger partial charge in [0.2, 0.25) is 0 Å². The lowest BCUT2D eigenvalue weighted by molar-refractivity contribution is -0.0258. The first kappa shape index (κ1) is 16.2. The first-order valence-electron chi connectivity index (χ1n) is 6.44. The molecule has 2 aromatic rings.